The summed E-state index contributed by atoms with van der Waals surface area (Å²) in [6.45, 7) is 9.37. The molecule has 0 spiro atoms. The van der Waals surface area contributed by atoms with Crippen LogP contribution in [0.4, 0.5) is 23.2 Å². The molecule has 1 aliphatic carbocycles. The van der Waals surface area contributed by atoms with Gasteiger partial charge >= 0.3 is 6.18 Å². The van der Waals surface area contributed by atoms with E-state index in [0.29, 0.717) is 53.3 Å². The molecular weight excluding hydrogens is 570 g/mol. The van der Waals surface area contributed by atoms with E-state index >= 15 is 0 Å². The Labute approximate surface area is 255 Å². The van der Waals surface area contributed by atoms with Gasteiger partial charge in [-0.2, -0.15) is 13.2 Å². The lowest BCUT2D eigenvalue weighted by Crippen LogP contribution is -2.46. The normalized spacial score (nSPS) is 24.0. The van der Waals surface area contributed by atoms with Crippen molar-refractivity contribution in [2.24, 2.45) is 15.4 Å². The van der Waals surface area contributed by atoms with Gasteiger partial charge in [0.05, 0.1) is 36.1 Å². The molecule has 3 aromatic rings. The van der Waals surface area contributed by atoms with Gasteiger partial charge in [0.1, 0.15) is 12.7 Å². The van der Waals surface area contributed by atoms with Crippen LogP contribution < -0.4 is 10.6 Å². The smallest absolute Gasteiger partial charge is 0.380 e. The Morgan fingerprint density at radius 3 is 2.73 bits per heavy atom. The van der Waals surface area contributed by atoms with Gasteiger partial charge < -0.3 is 24.7 Å². The lowest BCUT2D eigenvalue weighted by molar-refractivity contribution is -0.139. The Morgan fingerprint density at radius 1 is 1.18 bits per heavy atom. The molecule has 0 radical (unpaired) electrons. The number of fused-ring (bicyclic) bond motifs is 1. The number of likely N-dealkylation sites (tertiary alicyclic amines) is 1. The number of anilines is 1. The van der Waals surface area contributed by atoms with Gasteiger partial charge in [0, 0.05) is 53.9 Å². The van der Waals surface area contributed by atoms with Crippen LogP contribution in [-0.2, 0) is 6.54 Å². The van der Waals surface area contributed by atoms with Crippen LogP contribution in [0.1, 0.15) is 56.8 Å². The molecular formula is C33H41F4N7. The van der Waals surface area contributed by atoms with E-state index in [2.05, 4.69) is 64.1 Å². The van der Waals surface area contributed by atoms with Crippen LogP contribution in [0.2, 0.25) is 0 Å². The third-order valence-corrected chi connectivity index (χ3v) is 9.21. The Balaban J connectivity index is 1.18. The van der Waals surface area contributed by atoms with E-state index in [1.165, 1.54) is 11.0 Å². The number of rotatable bonds is 9. The number of alkyl halides is 4. The first-order valence-electron chi connectivity index (χ1n) is 15.4. The van der Waals surface area contributed by atoms with Gasteiger partial charge in [0.15, 0.2) is 5.84 Å². The number of hydrogen-bond donors (Lipinski definition) is 2. The van der Waals surface area contributed by atoms with Crippen LogP contribution in [0.15, 0.2) is 59.3 Å². The first-order valence-corrected chi connectivity index (χ1v) is 15.4. The highest BCUT2D eigenvalue weighted by atomic mass is 19.4. The molecule has 6 rings (SSSR count). The van der Waals surface area contributed by atoms with Crippen molar-refractivity contribution in [2.45, 2.75) is 70.5 Å². The summed E-state index contributed by atoms with van der Waals surface area (Å²) in [6.07, 6.45) is 2.82. The summed E-state index contributed by atoms with van der Waals surface area (Å²) in [7, 11) is 1.88. The fourth-order valence-electron chi connectivity index (χ4n) is 6.77. The van der Waals surface area contributed by atoms with Crippen LogP contribution in [0.3, 0.4) is 0 Å². The van der Waals surface area contributed by atoms with E-state index in [9.17, 15) is 17.6 Å². The maximum absolute atomic E-state index is 14.8. The number of piperidine rings is 1. The summed E-state index contributed by atoms with van der Waals surface area (Å²) in [5, 5.41) is 7.19. The molecule has 44 heavy (non-hydrogen) atoms. The van der Waals surface area contributed by atoms with Gasteiger partial charge in [-0.15, -0.1) is 0 Å². The number of benzene rings is 1. The van der Waals surface area contributed by atoms with E-state index in [1.54, 1.807) is 24.3 Å². The molecule has 2 aliphatic heterocycles. The molecule has 1 saturated carbocycles. The summed E-state index contributed by atoms with van der Waals surface area (Å²) in [4.78, 5) is 11.1. The highest BCUT2D eigenvalue weighted by Gasteiger charge is 2.33. The monoisotopic (exact) mass is 611 g/mol. The highest BCUT2D eigenvalue weighted by molar-refractivity contribution is 6.14. The first kappa shape index (κ1) is 30.4. The summed E-state index contributed by atoms with van der Waals surface area (Å²) in [5.41, 5.74) is 4.13. The van der Waals surface area contributed by atoms with Crippen LogP contribution in [0, 0.1) is 5.41 Å². The molecule has 2 N–H and O–H groups in total. The van der Waals surface area contributed by atoms with Crippen molar-refractivity contribution in [3.05, 3.63) is 60.6 Å². The van der Waals surface area contributed by atoms with Crippen molar-refractivity contribution in [2.75, 3.05) is 38.5 Å². The van der Waals surface area contributed by atoms with Gasteiger partial charge in [-0.05, 0) is 62.4 Å². The van der Waals surface area contributed by atoms with Crippen molar-refractivity contribution in [3.63, 3.8) is 0 Å². The van der Waals surface area contributed by atoms with Gasteiger partial charge in [0.2, 0.25) is 0 Å². The van der Waals surface area contributed by atoms with Gasteiger partial charge in [-0.1, -0.05) is 26.5 Å². The number of halogens is 4. The van der Waals surface area contributed by atoms with E-state index in [4.69, 9.17) is 0 Å². The number of aliphatic imine (C=N–C) groups is 2. The van der Waals surface area contributed by atoms with Crippen molar-refractivity contribution < 1.29 is 17.6 Å². The zero-order chi connectivity index (χ0) is 31.2. The summed E-state index contributed by atoms with van der Waals surface area (Å²) in [6, 6.07) is 8.96. The molecule has 11 heteroatoms. The minimum Gasteiger partial charge on any atom is -0.380 e. The second-order valence-corrected chi connectivity index (χ2v) is 13.3. The van der Waals surface area contributed by atoms with Gasteiger partial charge in [-0.3, -0.25) is 4.99 Å². The van der Waals surface area contributed by atoms with Gasteiger partial charge in [-0.25, -0.2) is 9.38 Å². The summed E-state index contributed by atoms with van der Waals surface area (Å²) < 4.78 is 59.6. The van der Waals surface area contributed by atoms with Gasteiger partial charge in [0.25, 0.3) is 0 Å². The SMILES string of the molecule is C=C(NCC1=NC(c2cc3c(NC4CCN(C)CC4F)cccc3n2CC(F)(F)F)=NC1)c1ccn(C2CCC(C)(C)C2)c1. The Kier molecular flexibility index (Phi) is 8.11. The largest absolute Gasteiger partial charge is 0.406 e. The summed E-state index contributed by atoms with van der Waals surface area (Å²) in [5.74, 6) is 0.261. The molecule has 3 atom stereocenters. The number of nitrogens with one attached hydrogen (secondary N) is 2. The highest BCUT2D eigenvalue weighted by Crippen LogP contribution is 2.43. The third kappa shape index (κ3) is 6.57. The second-order valence-electron chi connectivity index (χ2n) is 13.3. The molecule has 7 nitrogen and oxygen atoms in total. The van der Waals surface area contributed by atoms with E-state index < -0.39 is 24.9 Å². The zero-order valence-corrected chi connectivity index (χ0v) is 25.6. The maximum Gasteiger partial charge on any atom is 0.406 e. The first-order chi connectivity index (χ1) is 20.8. The summed E-state index contributed by atoms with van der Waals surface area (Å²) >= 11 is 0. The molecule has 4 heterocycles. The molecule has 1 saturated heterocycles. The quantitative estimate of drug-likeness (QED) is 0.266. The molecule has 0 bridgehead atoms. The fourth-order valence-corrected chi connectivity index (χ4v) is 6.77. The van der Waals surface area contributed by atoms with E-state index in [1.807, 2.05) is 11.9 Å². The minimum absolute atomic E-state index is 0.261. The molecule has 2 fully saturated rings. The lowest BCUT2D eigenvalue weighted by atomic mass is 9.92. The lowest BCUT2D eigenvalue weighted by Gasteiger charge is -2.33. The predicted octanol–water partition coefficient (Wildman–Crippen LogP) is 6.67. The number of hydrogen-bond acceptors (Lipinski definition) is 5. The van der Waals surface area contributed by atoms with Crippen LogP contribution >= 0.6 is 0 Å². The number of nitrogens with zero attached hydrogens (tertiary/aromatic N) is 5. The van der Waals surface area contributed by atoms with Crippen molar-refractivity contribution >= 4 is 33.8 Å². The predicted molar refractivity (Wildman–Crippen MR) is 169 cm³/mol. The maximum atomic E-state index is 14.8. The number of amidine groups is 1. The van der Waals surface area contributed by atoms with Crippen molar-refractivity contribution in [3.8, 4) is 0 Å². The Morgan fingerprint density at radius 2 is 2.00 bits per heavy atom. The average molecular weight is 612 g/mol. The van der Waals surface area contributed by atoms with Crippen molar-refractivity contribution in [1.29, 1.82) is 0 Å². The van der Waals surface area contributed by atoms with E-state index in [0.717, 1.165) is 30.6 Å². The van der Waals surface area contributed by atoms with Crippen molar-refractivity contribution in [1.82, 2.24) is 19.4 Å². The Hall–Kier alpha value is -3.60. The standard InChI is InChI=1S/C33H41F4N7/c1-21(22-9-13-43(18-22)24-8-11-32(2,3)15-24)38-16-23-17-39-31(40-23)30-14-25-27(41-28-10-12-42(4)19-26(28)34)6-5-7-29(25)44(30)20-33(35,36)37/h5-7,9,13-14,18,24,26,28,38,41H,1,8,10-12,15-17,19-20H2,2-4H3. The molecule has 3 aliphatic rings. The molecule has 3 unspecified atom stereocenters. The molecule has 1 aromatic carbocycles. The minimum atomic E-state index is -4.45. The zero-order valence-electron chi connectivity index (χ0n) is 25.6. The van der Waals surface area contributed by atoms with Crippen LogP contribution in [0.5, 0.6) is 0 Å². The van der Waals surface area contributed by atoms with E-state index in [-0.39, 0.29) is 18.1 Å². The third-order valence-electron chi connectivity index (χ3n) is 9.21. The van der Waals surface area contributed by atoms with Crippen LogP contribution in [-0.4, -0.2) is 77.2 Å². The Bertz CT molecular complexity index is 1590. The molecule has 2 aromatic heterocycles. The fraction of sp³-hybridized carbons (Fsp3) is 0.515. The topological polar surface area (TPSA) is 61.9 Å². The average Bonchev–Trinajstić information content (AvgIpc) is 3.74. The van der Waals surface area contributed by atoms with Crippen LogP contribution in [0.25, 0.3) is 16.6 Å². The second kappa shape index (κ2) is 11.7. The number of aromatic nitrogens is 2. The molecule has 0 amide bonds. The molecule has 236 valence electrons.